The standard InChI is InChI=1S/C28H38ClFN6O/c1-5-23-18-35(26-16-25(30)27(33-19(26)2)28(32-4)37-20(3)31)14-15-36(23)24-10-12-34(13-11-24)17-21-6-8-22(29)9-7-21/h6-9,16,23-24H,3,5,10-15,17-18,31H2,1-2,4H3/b32-28-/t23-/m0/s1. The van der Waals surface area contributed by atoms with E-state index in [2.05, 4.69) is 50.3 Å². The van der Waals surface area contributed by atoms with Crippen LogP contribution in [0.3, 0.4) is 0 Å². The molecular formula is C28H38ClFN6O. The first-order valence-corrected chi connectivity index (χ1v) is 13.4. The van der Waals surface area contributed by atoms with Crippen molar-refractivity contribution in [3.63, 3.8) is 0 Å². The minimum atomic E-state index is -0.481. The number of aromatic nitrogens is 1. The summed E-state index contributed by atoms with van der Waals surface area (Å²) in [6.07, 6.45) is 3.38. The van der Waals surface area contributed by atoms with E-state index in [1.165, 1.54) is 25.5 Å². The summed E-state index contributed by atoms with van der Waals surface area (Å²) in [4.78, 5) is 16.0. The number of halogens is 2. The molecule has 0 unspecified atom stereocenters. The van der Waals surface area contributed by atoms with Crippen LogP contribution < -0.4 is 10.6 Å². The van der Waals surface area contributed by atoms with E-state index in [4.69, 9.17) is 22.1 Å². The molecule has 7 nitrogen and oxygen atoms in total. The van der Waals surface area contributed by atoms with Crippen LogP contribution in [0.5, 0.6) is 0 Å². The van der Waals surface area contributed by atoms with E-state index in [1.807, 2.05) is 19.1 Å². The third kappa shape index (κ3) is 6.61. The normalized spacial score (nSPS) is 20.3. The van der Waals surface area contributed by atoms with Gasteiger partial charge in [0.15, 0.2) is 17.4 Å². The summed E-state index contributed by atoms with van der Waals surface area (Å²) in [6.45, 7) is 13.5. The molecule has 2 fully saturated rings. The molecule has 0 bridgehead atoms. The molecule has 0 saturated carbocycles. The highest BCUT2D eigenvalue weighted by molar-refractivity contribution is 6.30. The monoisotopic (exact) mass is 528 g/mol. The fourth-order valence-corrected chi connectivity index (χ4v) is 5.68. The van der Waals surface area contributed by atoms with E-state index in [1.54, 1.807) is 6.07 Å². The van der Waals surface area contributed by atoms with Crippen LogP contribution in [-0.4, -0.2) is 72.5 Å². The lowest BCUT2D eigenvalue weighted by Gasteiger charge is -2.48. The Bertz CT molecular complexity index is 1120. The van der Waals surface area contributed by atoms with E-state index in [9.17, 15) is 0 Å². The zero-order valence-corrected chi connectivity index (χ0v) is 22.8. The lowest BCUT2D eigenvalue weighted by Crippen LogP contribution is -2.58. The average Bonchev–Trinajstić information content (AvgIpc) is 2.90. The Morgan fingerprint density at radius 2 is 1.92 bits per heavy atom. The minimum Gasteiger partial charge on any atom is -0.422 e. The Kier molecular flexibility index (Phi) is 9.05. The maximum atomic E-state index is 15.1. The van der Waals surface area contributed by atoms with Crippen molar-refractivity contribution >= 4 is 23.2 Å². The van der Waals surface area contributed by atoms with E-state index < -0.39 is 5.82 Å². The molecule has 3 heterocycles. The number of ether oxygens (including phenoxy) is 1. The number of piperidine rings is 1. The van der Waals surface area contributed by atoms with Crippen LogP contribution in [0, 0.1) is 12.7 Å². The summed E-state index contributed by atoms with van der Waals surface area (Å²) in [6, 6.07) is 10.7. The molecule has 2 aliphatic rings. The molecule has 1 aromatic carbocycles. The fraction of sp³-hybridized carbons (Fsp3) is 0.500. The largest absolute Gasteiger partial charge is 0.422 e. The summed E-state index contributed by atoms with van der Waals surface area (Å²) in [5, 5.41) is 0.781. The van der Waals surface area contributed by atoms with E-state index in [-0.39, 0.29) is 17.5 Å². The number of hydrogen-bond acceptors (Lipinski definition) is 7. The van der Waals surface area contributed by atoms with Crippen LogP contribution in [0.1, 0.15) is 43.1 Å². The van der Waals surface area contributed by atoms with Gasteiger partial charge in [-0.3, -0.25) is 14.8 Å². The molecule has 9 heteroatoms. The molecule has 2 aliphatic heterocycles. The number of likely N-dealkylation sites (tertiary alicyclic amines) is 1. The molecule has 2 saturated heterocycles. The van der Waals surface area contributed by atoms with Gasteiger partial charge in [-0.05, 0) is 63.6 Å². The van der Waals surface area contributed by atoms with Crippen molar-refractivity contribution in [1.29, 1.82) is 0 Å². The first kappa shape index (κ1) is 27.4. The van der Waals surface area contributed by atoms with E-state index >= 15 is 4.39 Å². The number of nitrogens with zero attached hydrogens (tertiary/aromatic N) is 5. The quantitative estimate of drug-likeness (QED) is 0.322. The van der Waals surface area contributed by atoms with Crippen molar-refractivity contribution in [3.8, 4) is 0 Å². The first-order chi connectivity index (χ1) is 17.8. The molecule has 2 N–H and O–H groups in total. The molecule has 4 rings (SSSR count). The van der Waals surface area contributed by atoms with Gasteiger partial charge in [-0.25, -0.2) is 9.37 Å². The number of nitrogens with two attached hydrogens (primary N) is 1. The SMILES string of the molecule is C=C(N)O/C(=N\C)c1nc(C)c(N2CCN(C3CCN(Cc4ccc(Cl)cc4)CC3)[C@@H](CC)C2)cc1F. The van der Waals surface area contributed by atoms with Crippen molar-refractivity contribution in [2.24, 2.45) is 10.7 Å². The smallest absolute Gasteiger partial charge is 0.245 e. The van der Waals surface area contributed by atoms with Crippen LogP contribution in [0.4, 0.5) is 10.1 Å². The molecular weight excluding hydrogens is 491 g/mol. The average molecular weight is 529 g/mol. The van der Waals surface area contributed by atoms with Crippen LogP contribution in [0.25, 0.3) is 0 Å². The van der Waals surface area contributed by atoms with Crippen molar-refractivity contribution in [3.05, 3.63) is 70.6 Å². The second kappa shape index (κ2) is 12.2. The lowest BCUT2D eigenvalue weighted by molar-refractivity contribution is 0.0611. The predicted octanol–water partition coefficient (Wildman–Crippen LogP) is 4.57. The summed E-state index contributed by atoms with van der Waals surface area (Å²) in [7, 11) is 1.51. The number of piperazine rings is 1. The molecule has 1 atom stereocenters. The summed E-state index contributed by atoms with van der Waals surface area (Å²) in [5.74, 6) is -0.509. The second-order valence-electron chi connectivity index (χ2n) is 9.90. The van der Waals surface area contributed by atoms with Gasteiger partial charge in [0.2, 0.25) is 5.90 Å². The van der Waals surface area contributed by atoms with Gasteiger partial charge in [0.1, 0.15) is 0 Å². The summed E-state index contributed by atoms with van der Waals surface area (Å²) < 4.78 is 20.4. The van der Waals surface area contributed by atoms with Crippen molar-refractivity contribution in [2.75, 3.05) is 44.7 Å². The third-order valence-electron chi connectivity index (χ3n) is 7.46. The zero-order valence-electron chi connectivity index (χ0n) is 22.1. The lowest BCUT2D eigenvalue weighted by atomic mass is 9.97. The number of aliphatic imine (C=N–C) groups is 1. The van der Waals surface area contributed by atoms with E-state index in [0.29, 0.717) is 12.1 Å². The Morgan fingerprint density at radius 3 is 2.54 bits per heavy atom. The molecule has 200 valence electrons. The molecule has 1 aromatic heterocycles. The van der Waals surface area contributed by atoms with Crippen molar-refractivity contribution in [2.45, 2.75) is 51.7 Å². The Balaban J connectivity index is 1.38. The number of pyridine rings is 1. The zero-order chi connectivity index (χ0) is 26.5. The molecule has 0 aliphatic carbocycles. The third-order valence-corrected chi connectivity index (χ3v) is 7.71. The summed E-state index contributed by atoms with van der Waals surface area (Å²) in [5.41, 5.74) is 8.44. The highest BCUT2D eigenvalue weighted by Crippen LogP contribution is 2.29. The van der Waals surface area contributed by atoms with Gasteiger partial charge >= 0.3 is 0 Å². The molecule has 0 spiro atoms. The number of rotatable bonds is 7. The van der Waals surface area contributed by atoms with Gasteiger partial charge in [0.05, 0.1) is 11.4 Å². The Morgan fingerprint density at radius 1 is 1.22 bits per heavy atom. The number of benzene rings is 1. The maximum Gasteiger partial charge on any atom is 0.245 e. The molecule has 0 radical (unpaired) electrons. The molecule has 2 aromatic rings. The van der Waals surface area contributed by atoms with Crippen LogP contribution in [-0.2, 0) is 11.3 Å². The van der Waals surface area contributed by atoms with Gasteiger partial charge in [-0.2, -0.15) is 0 Å². The summed E-state index contributed by atoms with van der Waals surface area (Å²) >= 11 is 6.03. The van der Waals surface area contributed by atoms with Crippen LogP contribution in [0.2, 0.25) is 5.02 Å². The second-order valence-corrected chi connectivity index (χ2v) is 10.3. The Hall–Kier alpha value is -2.68. The van der Waals surface area contributed by atoms with Crippen LogP contribution in [0.15, 0.2) is 47.8 Å². The van der Waals surface area contributed by atoms with Gasteiger partial charge < -0.3 is 15.4 Å². The van der Waals surface area contributed by atoms with Gasteiger partial charge in [0.25, 0.3) is 0 Å². The van der Waals surface area contributed by atoms with Crippen molar-refractivity contribution in [1.82, 2.24) is 14.8 Å². The number of hydrogen-bond donors (Lipinski definition) is 1. The Labute approximate surface area is 224 Å². The maximum absolute atomic E-state index is 15.1. The van der Waals surface area contributed by atoms with Gasteiger partial charge in [0, 0.05) is 56.4 Å². The van der Waals surface area contributed by atoms with Gasteiger partial charge in [-0.15, -0.1) is 0 Å². The highest BCUT2D eigenvalue weighted by atomic mass is 35.5. The van der Waals surface area contributed by atoms with Crippen molar-refractivity contribution < 1.29 is 9.13 Å². The van der Waals surface area contributed by atoms with Gasteiger partial charge in [-0.1, -0.05) is 30.7 Å². The van der Waals surface area contributed by atoms with E-state index in [0.717, 1.165) is 62.1 Å². The molecule has 37 heavy (non-hydrogen) atoms. The number of anilines is 1. The predicted molar refractivity (Wildman–Crippen MR) is 149 cm³/mol. The highest BCUT2D eigenvalue weighted by Gasteiger charge is 2.34. The topological polar surface area (TPSA) is 70.2 Å². The number of aryl methyl sites for hydroxylation is 1. The first-order valence-electron chi connectivity index (χ1n) is 13.0. The van der Waals surface area contributed by atoms with Crippen LogP contribution >= 0.6 is 11.6 Å². The fourth-order valence-electron chi connectivity index (χ4n) is 5.55. The molecule has 0 amide bonds. The minimum absolute atomic E-state index is 0.0262.